The maximum absolute atomic E-state index is 12.0. The first-order valence-corrected chi connectivity index (χ1v) is 6.52. The molecular weight excluding hydrogens is 292 g/mol. The summed E-state index contributed by atoms with van der Waals surface area (Å²) in [5, 5.41) is 11.1. The molecule has 6 nitrogen and oxygen atoms in total. The van der Waals surface area contributed by atoms with Crippen LogP contribution in [0.1, 0.15) is 10.6 Å². The molecule has 0 spiro atoms. The van der Waals surface area contributed by atoms with E-state index < -0.39 is 0 Å². The third-order valence-corrected chi connectivity index (χ3v) is 3.05. The first kappa shape index (κ1) is 13.4. The number of halogens is 1. The highest BCUT2D eigenvalue weighted by atomic mass is 35.5. The average Bonchev–Trinajstić information content (AvgIpc) is 3.08. The Morgan fingerprint density at radius 3 is 2.95 bits per heavy atom. The molecule has 2 heterocycles. The highest BCUT2D eigenvalue weighted by Gasteiger charge is 2.15. The van der Waals surface area contributed by atoms with Crippen LogP contribution in [-0.4, -0.2) is 20.8 Å². The quantitative estimate of drug-likeness (QED) is 0.807. The Hall–Kier alpha value is -2.60. The molecule has 0 aliphatic heterocycles. The minimum Gasteiger partial charge on any atom is -0.350 e. The third kappa shape index (κ3) is 2.95. The van der Waals surface area contributed by atoms with E-state index in [2.05, 4.69) is 15.6 Å². The summed E-state index contributed by atoms with van der Waals surface area (Å²) < 4.78 is 6.66. The molecule has 2 aromatic heterocycles. The summed E-state index contributed by atoms with van der Waals surface area (Å²) in [7, 11) is 1.77. The fourth-order valence-corrected chi connectivity index (χ4v) is 2.03. The van der Waals surface area contributed by atoms with Crippen LogP contribution in [0.2, 0.25) is 5.02 Å². The number of hydrogen-bond donors (Lipinski definition) is 1. The van der Waals surface area contributed by atoms with Crippen LogP contribution < -0.4 is 5.32 Å². The van der Waals surface area contributed by atoms with Crippen LogP contribution in [0.25, 0.3) is 11.3 Å². The number of benzene rings is 1. The largest absolute Gasteiger partial charge is 0.350 e. The number of hydrogen-bond acceptors (Lipinski definition) is 4. The van der Waals surface area contributed by atoms with Gasteiger partial charge in [0.25, 0.3) is 5.91 Å². The van der Waals surface area contributed by atoms with Crippen molar-refractivity contribution in [2.75, 3.05) is 5.32 Å². The molecule has 0 bridgehead atoms. The van der Waals surface area contributed by atoms with Crippen molar-refractivity contribution in [1.29, 1.82) is 0 Å². The van der Waals surface area contributed by atoms with Crippen molar-refractivity contribution in [2.45, 2.75) is 0 Å². The molecule has 7 heteroatoms. The van der Waals surface area contributed by atoms with E-state index in [1.807, 2.05) is 12.1 Å². The van der Waals surface area contributed by atoms with Crippen LogP contribution >= 0.6 is 11.6 Å². The molecule has 0 fully saturated rings. The minimum absolute atomic E-state index is 0.119. The third-order valence-electron chi connectivity index (χ3n) is 2.82. The second kappa shape index (κ2) is 5.41. The second-order valence-corrected chi connectivity index (χ2v) is 4.88. The van der Waals surface area contributed by atoms with Crippen molar-refractivity contribution in [3.8, 4) is 11.3 Å². The van der Waals surface area contributed by atoms with Crippen molar-refractivity contribution < 1.29 is 9.32 Å². The topological polar surface area (TPSA) is 73.0 Å². The van der Waals surface area contributed by atoms with Gasteiger partial charge in [0, 0.05) is 29.9 Å². The Balaban J connectivity index is 1.80. The maximum atomic E-state index is 12.0. The molecule has 0 unspecified atom stereocenters. The van der Waals surface area contributed by atoms with Gasteiger partial charge in [0.05, 0.1) is 11.9 Å². The van der Waals surface area contributed by atoms with Gasteiger partial charge in [0.15, 0.2) is 0 Å². The molecule has 0 aliphatic rings. The molecule has 3 aromatic rings. The number of nitrogens with zero attached hydrogens (tertiary/aromatic N) is 3. The van der Waals surface area contributed by atoms with E-state index in [-0.39, 0.29) is 11.7 Å². The zero-order chi connectivity index (χ0) is 14.8. The zero-order valence-corrected chi connectivity index (χ0v) is 11.8. The lowest BCUT2D eigenvalue weighted by molar-refractivity contribution is 0.0988. The van der Waals surface area contributed by atoms with Gasteiger partial charge in [-0.05, 0) is 12.1 Å². The van der Waals surface area contributed by atoms with Crippen molar-refractivity contribution in [2.24, 2.45) is 7.05 Å². The minimum atomic E-state index is -0.385. The Bertz CT molecular complexity index is 794. The maximum Gasteiger partial charge on any atom is 0.294 e. The van der Waals surface area contributed by atoms with E-state index in [1.54, 1.807) is 42.3 Å². The van der Waals surface area contributed by atoms with Crippen molar-refractivity contribution in [3.05, 3.63) is 53.5 Å². The van der Waals surface area contributed by atoms with Crippen LogP contribution in [0, 0.1) is 0 Å². The summed E-state index contributed by atoms with van der Waals surface area (Å²) in [4.78, 5) is 12.0. The lowest BCUT2D eigenvalue weighted by Crippen LogP contribution is -2.10. The van der Waals surface area contributed by atoms with Gasteiger partial charge in [-0.25, -0.2) is 0 Å². The summed E-state index contributed by atoms with van der Waals surface area (Å²) in [6.07, 6.45) is 3.23. The monoisotopic (exact) mass is 302 g/mol. The SMILES string of the molecule is Cn1cc(NC(=O)c2cc(-c3cccc(Cl)c3)no2)cn1. The molecule has 1 amide bonds. The Kier molecular flexibility index (Phi) is 3.45. The molecule has 21 heavy (non-hydrogen) atoms. The van der Waals surface area contributed by atoms with Gasteiger partial charge in [-0.15, -0.1) is 0 Å². The highest BCUT2D eigenvalue weighted by molar-refractivity contribution is 6.30. The molecule has 106 valence electrons. The van der Waals surface area contributed by atoms with Gasteiger partial charge in [-0.2, -0.15) is 5.10 Å². The van der Waals surface area contributed by atoms with E-state index >= 15 is 0 Å². The van der Waals surface area contributed by atoms with Gasteiger partial charge in [-0.3, -0.25) is 9.48 Å². The van der Waals surface area contributed by atoms with Gasteiger partial charge in [0.2, 0.25) is 5.76 Å². The number of rotatable bonds is 3. The number of anilines is 1. The lowest BCUT2D eigenvalue weighted by Gasteiger charge is -1.96. The van der Waals surface area contributed by atoms with Crippen molar-refractivity contribution in [3.63, 3.8) is 0 Å². The second-order valence-electron chi connectivity index (χ2n) is 4.44. The number of aryl methyl sites for hydroxylation is 1. The van der Waals surface area contributed by atoms with Gasteiger partial charge in [0.1, 0.15) is 5.69 Å². The van der Waals surface area contributed by atoms with Gasteiger partial charge >= 0.3 is 0 Å². The van der Waals surface area contributed by atoms with E-state index in [4.69, 9.17) is 16.1 Å². The molecule has 0 atom stereocenters. The Morgan fingerprint density at radius 1 is 1.38 bits per heavy atom. The molecule has 0 radical (unpaired) electrons. The van der Waals surface area contributed by atoms with Crippen LogP contribution in [0.5, 0.6) is 0 Å². The molecule has 0 saturated heterocycles. The first-order chi connectivity index (χ1) is 10.1. The Labute approximate surface area is 125 Å². The summed E-state index contributed by atoms with van der Waals surface area (Å²) >= 11 is 5.93. The first-order valence-electron chi connectivity index (χ1n) is 6.14. The van der Waals surface area contributed by atoms with E-state index in [0.29, 0.717) is 16.4 Å². The van der Waals surface area contributed by atoms with E-state index in [0.717, 1.165) is 5.56 Å². The molecular formula is C14H11ClN4O2. The summed E-state index contributed by atoms with van der Waals surface area (Å²) in [5.41, 5.74) is 1.92. The standard InChI is InChI=1S/C14H11ClN4O2/c1-19-8-11(7-16-19)17-14(20)13-6-12(18-21-13)9-3-2-4-10(15)5-9/h2-8H,1H3,(H,17,20). The molecule has 1 N–H and O–H groups in total. The van der Waals surface area contributed by atoms with Crippen LogP contribution in [0.4, 0.5) is 5.69 Å². The number of aromatic nitrogens is 3. The normalized spacial score (nSPS) is 10.6. The predicted molar refractivity (Wildman–Crippen MR) is 78.1 cm³/mol. The summed E-state index contributed by atoms with van der Waals surface area (Å²) in [5.74, 6) is -0.266. The number of carbonyl (C=O) groups excluding carboxylic acids is 1. The molecule has 3 rings (SSSR count). The van der Waals surface area contributed by atoms with Crippen molar-refractivity contribution in [1.82, 2.24) is 14.9 Å². The summed E-state index contributed by atoms with van der Waals surface area (Å²) in [6.45, 7) is 0. The van der Waals surface area contributed by atoms with Crippen LogP contribution in [-0.2, 0) is 7.05 Å². The zero-order valence-electron chi connectivity index (χ0n) is 11.1. The van der Waals surface area contributed by atoms with Gasteiger partial charge in [-0.1, -0.05) is 28.9 Å². The van der Waals surface area contributed by atoms with Crippen LogP contribution in [0.15, 0.2) is 47.2 Å². The lowest BCUT2D eigenvalue weighted by atomic mass is 10.1. The number of carbonyl (C=O) groups is 1. The number of nitrogens with one attached hydrogen (secondary N) is 1. The molecule has 0 aliphatic carbocycles. The van der Waals surface area contributed by atoms with E-state index in [9.17, 15) is 4.79 Å². The predicted octanol–water partition coefficient (Wildman–Crippen LogP) is 2.98. The van der Waals surface area contributed by atoms with E-state index in [1.165, 1.54) is 0 Å². The molecule has 0 saturated carbocycles. The molecule has 1 aromatic carbocycles. The summed E-state index contributed by atoms with van der Waals surface area (Å²) in [6, 6.07) is 8.73. The fourth-order valence-electron chi connectivity index (χ4n) is 1.84. The highest BCUT2D eigenvalue weighted by Crippen LogP contribution is 2.22. The smallest absolute Gasteiger partial charge is 0.294 e. The van der Waals surface area contributed by atoms with Gasteiger partial charge < -0.3 is 9.84 Å². The fraction of sp³-hybridized carbons (Fsp3) is 0.0714. The van der Waals surface area contributed by atoms with Crippen LogP contribution in [0.3, 0.4) is 0 Å². The number of amides is 1. The van der Waals surface area contributed by atoms with Crippen molar-refractivity contribution >= 4 is 23.2 Å². The average molecular weight is 303 g/mol. The Morgan fingerprint density at radius 2 is 2.24 bits per heavy atom.